The Morgan fingerprint density at radius 1 is 1.14 bits per heavy atom. The number of ether oxygens (including phenoxy) is 1. The van der Waals surface area contributed by atoms with E-state index in [0.29, 0.717) is 16.9 Å². The largest absolute Gasteiger partial charge is 0.459 e. The number of fused-ring (bicyclic) bond motifs is 1. The quantitative estimate of drug-likeness (QED) is 0.255. The third-order valence-electron chi connectivity index (χ3n) is 5.39. The van der Waals surface area contributed by atoms with Gasteiger partial charge in [-0.1, -0.05) is 36.4 Å². The van der Waals surface area contributed by atoms with Crippen molar-refractivity contribution in [3.63, 3.8) is 0 Å². The molecule has 10 nitrogen and oxygen atoms in total. The first-order valence-corrected chi connectivity index (χ1v) is 10.7. The van der Waals surface area contributed by atoms with Crippen molar-refractivity contribution in [2.24, 2.45) is 4.99 Å². The van der Waals surface area contributed by atoms with Gasteiger partial charge in [-0.05, 0) is 42.7 Å². The standard InChI is InChI=1S/C25H22N8O2/c1-13(2)35-24(34)15-9-7-14(8-10-15)16-5-3-4-6-17(16)21-19-20(28)18(11-26)22(29)32-23(19)33-25(31-21)30-12-27/h3-10,13,21H,1-2H3,(H6,28,29,30,31,32,33). The molecule has 2 heterocycles. The molecule has 1 aliphatic rings. The van der Waals surface area contributed by atoms with Crippen molar-refractivity contribution in [2.45, 2.75) is 26.0 Å². The highest BCUT2D eigenvalue weighted by atomic mass is 16.5. The number of guanidine groups is 1. The second kappa shape index (κ2) is 9.41. The van der Waals surface area contributed by atoms with Gasteiger partial charge in [0.1, 0.15) is 29.3 Å². The number of esters is 1. The molecule has 10 heteroatoms. The Bertz CT molecular complexity index is 1420. The molecular formula is C25H22N8O2. The number of carbonyl (C=O) groups is 1. The van der Waals surface area contributed by atoms with Crippen molar-refractivity contribution in [3.8, 4) is 23.4 Å². The molecule has 1 atom stereocenters. The summed E-state index contributed by atoms with van der Waals surface area (Å²) in [6.07, 6.45) is 1.62. The highest BCUT2D eigenvalue weighted by Gasteiger charge is 2.31. The van der Waals surface area contributed by atoms with E-state index < -0.39 is 12.0 Å². The predicted octanol–water partition coefficient (Wildman–Crippen LogP) is 3.29. The second-order valence-electron chi connectivity index (χ2n) is 8.02. The highest BCUT2D eigenvalue weighted by molar-refractivity contribution is 5.99. The van der Waals surface area contributed by atoms with Crippen LogP contribution in [0.15, 0.2) is 53.5 Å². The maximum Gasteiger partial charge on any atom is 0.338 e. The lowest BCUT2D eigenvalue weighted by Gasteiger charge is -2.27. The number of rotatable bonds is 4. The summed E-state index contributed by atoms with van der Waals surface area (Å²) < 4.78 is 5.26. The Morgan fingerprint density at radius 3 is 2.51 bits per heavy atom. The average Bonchev–Trinajstić information content (AvgIpc) is 2.83. The van der Waals surface area contributed by atoms with E-state index in [2.05, 4.69) is 20.6 Å². The Morgan fingerprint density at radius 2 is 1.86 bits per heavy atom. The summed E-state index contributed by atoms with van der Waals surface area (Å²) in [5, 5.41) is 24.1. The van der Waals surface area contributed by atoms with Crippen molar-refractivity contribution in [1.82, 2.24) is 10.3 Å². The fourth-order valence-electron chi connectivity index (χ4n) is 3.87. The predicted molar refractivity (Wildman–Crippen MR) is 132 cm³/mol. The van der Waals surface area contributed by atoms with Gasteiger partial charge in [0.15, 0.2) is 6.19 Å². The van der Waals surface area contributed by atoms with Crippen LogP contribution in [0.1, 0.15) is 46.9 Å². The van der Waals surface area contributed by atoms with Crippen LogP contribution in [0.25, 0.3) is 11.1 Å². The summed E-state index contributed by atoms with van der Waals surface area (Å²) in [5.74, 6) is 0.0516. The normalized spacial score (nSPS) is 14.1. The van der Waals surface area contributed by atoms with Gasteiger partial charge >= 0.3 is 5.97 Å². The van der Waals surface area contributed by atoms with E-state index in [1.165, 1.54) is 0 Å². The first kappa shape index (κ1) is 23.1. The molecular weight excluding hydrogens is 444 g/mol. The van der Waals surface area contributed by atoms with E-state index in [1.54, 1.807) is 26.0 Å². The molecule has 35 heavy (non-hydrogen) atoms. The van der Waals surface area contributed by atoms with Crippen molar-refractivity contribution in [1.29, 1.82) is 10.5 Å². The van der Waals surface area contributed by atoms with Crippen molar-refractivity contribution < 1.29 is 9.53 Å². The van der Waals surface area contributed by atoms with Gasteiger partial charge in [-0.15, -0.1) is 0 Å². The van der Waals surface area contributed by atoms with E-state index in [1.807, 2.05) is 48.7 Å². The van der Waals surface area contributed by atoms with Crippen LogP contribution < -0.4 is 22.1 Å². The number of aromatic nitrogens is 1. The van der Waals surface area contributed by atoms with Gasteiger partial charge in [0, 0.05) is 5.56 Å². The molecule has 0 radical (unpaired) electrons. The van der Waals surface area contributed by atoms with Gasteiger partial charge in [-0.3, -0.25) is 5.32 Å². The lowest BCUT2D eigenvalue weighted by molar-refractivity contribution is 0.0378. The molecule has 0 spiro atoms. The summed E-state index contributed by atoms with van der Waals surface area (Å²) >= 11 is 0. The number of nitrogens with two attached hydrogens (primary N) is 2. The zero-order chi connectivity index (χ0) is 25.1. The number of benzene rings is 2. The van der Waals surface area contributed by atoms with E-state index in [0.717, 1.165) is 16.7 Å². The van der Waals surface area contributed by atoms with Crippen molar-refractivity contribution >= 4 is 29.3 Å². The zero-order valence-electron chi connectivity index (χ0n) is 19.0. The molecule has 0 aliphatic carbocycles. The van der Waals surface area contributed by atoms with Crippen molar-refractivity contribution in [2.75, 3.05) is 16.8 Å². The maximum atomic E-state index is 12.2. The minimum absolute atomic E-state index is 0.0228. The Balaban J connectivity index is 1.84. The molecule has 0 saturated heterocycles. The molecule has 0 amide bonds. The molecule has 1 aliphatic heterocycles. The molecule has 0 fully saturated rings. The molecule has 4 rings (SSSR count). The number of nitrogen functional groups attached to an aromatic ring is 2. The minimum atomic E-state index is -0.691. The van der Waals surface area contributed by atoms with Crippen LogP contribution in [0.5, 0.6) is 0 Å². The van der Waals surface area contributed by atoms with Gasteiger partial charge in [-0.2, -0.15) is 10.5 Å². The number of hydrogen-bond acceptors (Lipinski definition) is 10. The highest BCUT2D eigenvalue weighted by Crippen LogP contribution is 2.43. The average molecular weight is 467 g/mol. The van der Waals surface area contributed by atoms with Crippen LogP contribution in [0.3, 0.4) is 0 Å². The van der Waals surface area contributed by atoms with E-state index in [9.17, 15) is 10.1 Å². The number of nitriles is 2. The lowest BCUT2D eigenvalue weighted by atomic mass is 9.89. The van der Waals surface area contributed by atoms with Crippen LogP contribution >= 0.6 is 0 Å². The number of nitrogens with zero attached hydrogens (tertiary/aromatic N) is 4. The van der Waals surface area contributed by atoms with Crippen LogP contribution in [-0.4, -0.2) is 23.0 Å². The first-order valence-electron chi connectivity index (χ1n) is 10.7. The topological polar surface area (TPSA) is 175 Å². The number of anilines is 3. The fourth-order valence-corrected chi connectivity index (χ4v) is 3.87. The Labute approximate surface area is 201 Å². The van der Waals surface area contributed by atoms with E-state index >= 15 is 0 Å². The van der Waals surface area contributed by atoms with Gasteiger partial charge in [0.25, 0.3) is 0 Å². The molecule has 174 valence electrons. The fraction of sp³-hybridized carbons (Fsp3) is 0.160. The summed E-state index contributed by atoms with van der Waals surface area (Å²) in [6.45, 7) is 3.59. The molecule has 2 aromatic carbocycles. The summed E-state index contributed by atoms with van der Waals surface area (Å²) in [7, 11) is 0. The van der Waals surface area contributed by atoms with Crippen molar-refractivity contribution in [3.05, 3.63) is 70.8 Å². The maximum absolute atomic E-state index is 12.2. The van der Waals surface area contributed by atoms with E-state index in [4.69, 9.17) is 21.5 Å². The monoisotopic (exact) mass is 466 g/mol. The zero-order valence-corrected chi connectivity index (χ0v) is 19.0. The van der Waals surface area contributed by atoms with Crippen LogP contribution in [0.4, 0.5) is 17.3 Å². The number of aliphatic imine (C=N–C) groups is 1. The van der Waals surface area contributed by atoms with E-state index in [-0.39, 0.29) is 29.1 Å². The summed E-state index contributed by atoms with van der Waals surface area (Å²) in [6, 6.07) is 15.9. The Kier molecular flexibility index (Phi) is 6.21. The molecule has 3 aromatic rings. The third-order valence-corrected chi connectivity index (χ3v) is 5.39. The number of hydrogen-bond donors (Lipinski definition) is 4. The number of nitrogens with one attached hydrogen (secondary N) is 2. The number of carbonyl (C=O) groups excluding carboxylic acids is 1. The minimum Gasteiger partial charge on any atom is -0.459 e. The van der Waals surface area contributed by atoms with Crippen LogP contribution in [-0.2, 0) is 4.74 Å². The SMILES string of the molecule is CC(C)OC(=O)c1ccc(-c2ccccc2C2N=C(NC#N)Nc3nc(N)c(C#N)c(N)c32)cc1. The Hall–Kier alpha value is -5.09. The molecule has 0 bridgehead atoms. The molecule has 6 N–H and O–H groups in total. The molecule has 1 unspecified atom stereocenters. The van der Waals surface area contributed by atoms with Gasteiger partial charge < -0.3 is 21.5 Å². The summed E-state index contributed by atoms with van der Waals surface area (Å²) in [4.78, 5) is 21.2. The first-order chi connectivity index (χ1) is 16.8. The van der Waals surface area contributed by atoms with Crippen LogP contribution in [0, 0.1) is 22.8 Å². The van der Waals surface area contributed by atoms with Gasteiger partial charge in [-0.25, -0.2) is 14.8 Å². The molecule has 1 aromatic heterocycles. The van der Waals surface area contributed by atoms with Gasteiger partial charge in [0.05, 0.1) is 17.4 Å². The van der Waals surface area contributed by atoms with Crippen LogP contribution in [0.2, 0.25) is 0 Å². The molecule has 0 saturated carbocycles. The smallest absolute Gasteiger partial charge is 0.338 e. The number of pyridine rings is 1. The lowest BCUT2D eigenvalue weighted by Crippen LogP contribution is -2.32. The van der Waals surface area contributed by atoms with Gasteiger partial charge in [0.2, 0.25) is 5.96 Å². The second-order valence-corrected chi connectivity index (χ2v) is 8.02. The third kappa shape index (κ3) is 4.41. The summed E-state index contributed by atoms with van der Waals surface area (Å²) in [5.41, 5.74) is 15.8.